The lowest BCUT2D eigenvalue weighted by Gasteiger charge is -2.31. The molecule has 1 aliphatic rings. The Bertz CT molecular complexity index is 468. The van der Waals surface area contributed by atoms with Gasteiger partial charge in [0.25, 0.3) is 0 Å². The third-order valence-electron chi connectivity index (χ3n) is 3.24. The van der Waals surface area contributed by atoms with Crippen molar-refractivity contribution in [2.24, 2.45) is 5.92 Å². The fourth-order valence-corrected chi connectivity index (χ4v) is 2.18. The first-order valence-electron chi connectivity index (χ1n) is 6.22. The van der Waals surface area contributed by atoms with Crippen molar-refractivity contribution in [3.63, 3.8) is 0 Å². The Hall–Kier alpha value is -1.69. The molecule has 6 heteroatoms. The van der Waals surface area contributed by atoms with Crippen molar-refractivity contribution in [1.29, 1.82) is 0 Å². The molecule has 19 heavy (non-hydrogen) atoms. The maximum Gasteiger partial charge on any atom is 0.321 e. The van der Waals surface area contributed by atoms with Crippen LogP contribution in [0.4, 0.5) is 19.3 Å². The van der Waals surface area contributed by atoms with Crippen molar-refractivity contribution in [3.8, 4) is 0 Å². The largest absolute Gasteiger partial charge is 0.396 e. The number of rotatable bonds is 2. The number of urea groups is 1. The molecule has 0 aromatic heterocycles. The molecule has 1 aromatic carbocycles. The van der Waals surface area contributed by atoms with Crippen molar-refractivity contribution >= 4 is 11.7 Å². The highest BCUT2D eigenvalue weighted by molar-refractivity contribution is 5.89. The summed E-state index contributed by atoms with van der Waals surface area (Å²) in [7, 11) is 0. The number of nitrogens with one attached hydrogen (secondary N) is 1. The molecule has 0 radical (unpaired) electrons. The van der Waals surface area contributed by atoms with Crippen LogP contribution >= 0.6 is 0 Å². The third-order valence-corrected chi connectivity index (χ3v) is 3.24. The third kappa shape index (κ3) is 3.41. The van der Waals surface area contributed by atoms with E-state index in [2.05, 4.69) is 5.32 Å². The van der Waals surface area contributed by atoms with Crippen LogP contribution in [-0.2, 0) is 0 Å². The average molecular weight is 270 g/mol. The number of aliphatic hydroxyl groups excluding tert-OH is 1. The van der Waals surface area contributed by atoms with Gasteiger partial charge in [-0.3, -0.25) is 0 Å². The molecule has 1 atom stereocenters. The summed E-state index contributed by atoms with van der Waals surface area (Å²) in [6.07, 6.45) is 1.69. The van der Waals surface area contributed by atoms with Crippen molar-refractivity contribution in [2.45, 2.75) is 12.8 Å². The lowest BCUT2D eigenvalue weighted by Crippen LogP contribution is -2.43. The van der Waals surface area contributed by atoms with Gasteiger partial charge in [0.1, 0.15) is 11.6 Å². The number of aliphatic hydroxyl groups is 1. The Morgan fingerprint density at radius 3 is 2.95 bits per heavy atom. The standard InChI is InChI=1S/C13H16F2N2O2/c14-10-3-4-12(11(15)6-10)16-13(19)17-5-1-2-9(7-17)8-18/h3-4,6,9,18H,1-2,5,7-8H2,(H,16,19). The van der Waals surface area contributed by atoms with Gasteiger partial charge in [-0.15, -0.1) is 0 Å². The lowest BCUT2D eigenvalue weighted by molar-refractivity contribution is 0.136. The summed E-state index contributed by atoms with van der Waals surface area (Å²) in [6.45, 7) is 1.06. The van der Waals surface area contributed by atoms with Gasteiger partial charge in [0.15, 0.2) is 0 Å². The maximum absolute atomic E-state index is 13.4. The number of amides is 2. The van der Waals surface area contributed by atoms with Crippen molar-refractivity contribution in [1.82, 2.24) is 4.90 Å². The van der Waals surface area contributed by atoms with E-state index in [0.29, 0.717) is 13.1 Å². The van der Waals surface area contributed by atoms with Gasteiger partial charge in [0.05, 0.1) is 5.69 Å². The molecular weight excluding hydrogens is 254 g/mol. The quantitative estimate of drug-likeness (QED) is 0.865. The topological polar surface area (TPSA) is 52.6 Å². The van der Waals surface area contributed by atoms with E-state index in [1.165, 1.54) is 11.0 Å². The first-order valence-corrected chi connectivity index (χ1v) is 6.22. The predicted molar refractivity (Wildman–Crippen MR) is 66.8 cm³/mol. The van der Waals surface area contributed by atoms with Crippen LogP contribution in [-0.4, -0.2) is 35.7 Å². The summed E-state index contributed by atoms with van der Waals surface area (Å²) < 4.78 is 26.2. The first kappa shape index (κ1) is 13.7. The predicted octanol–water partition coefficient (Wildman–Crippen LogP) is 2.20. The second-order valence-electron chi connectivity index (χ2n) is 4.69. The fraction of sp³-hybridized carbons (Fsp3) is 0.462. The Morgan fingerprint density at radius 1 is 1.47 bits per heavy atom. The van der Waals surface area contributed by atoms with Gasteiger partial charge in [-0.25, -0.2) is 13.6 Å². The number of piperidine rings is 1. The van der Waals surface area contributed by atoms with Gasteiger partial charge in [-0.1, -0.05) is 0 Å². The Balaban J connectivity index is 2.00. The second kappa shape index (κ2) is 5.97. The zero-order chi connectivity index (χ0) is 13.8. The van der Waals surface area contributed by atoms with Gasteiger partial charge >= 0.3 is 6.03 Å². The molecule has 1 fully saturated rings. The highest BCUT2D eigenvalue weighted by atomic mass is 19.1. The Labute approximate surface area is 110 Å². The number of hydrogen-bond acceptors (Lipinski definition) is 2. The number of nitrogens with zero attached hydrogens (tertiary/aromatic N) is 1. The normalized spacial score (nSPS) is 19.3. The summed E-state index contributed by atoms with van der Waals surface area (Å²) in [5.74, 6) is -1.42. The van der Waals surface area contributed by atoms with E-state index in [4.69, 9.17) is 5.11 Å². The van der Waals surface area contributed by atoms with Crippen molar-refractivity contribution in [3.05, 3.63) is 29.8 Å². The number of carbonyl (C=O) groups excluding carboxylic acids is 1. The monoisotopic (exact) mass is 270 g/mol. The van der Waals surface area contributed by atoms with Gasteiger partial charge in [0.2, 0.25) is 0 Å². The molecule has 0 bridgehead atoms. The van der Waals surface area contributed by atoms with Crippen molar-refractivity contribution < 1.29 is 18.7 Å². The minimum absolute atomic E-state index is 0.0364. The molecule has 2 rings (SSSR count). The second-order valence-corrected chi connectivity index (χ2v) is 4.69. The van der Waals surface area contributed by atoms with Crippen molar-refractivity contribution in [2.75, 3.05) is 25.0 Å². The number of hydrogen-bond donors (Lipinski definition) is 2. The van der Waals surface area contributed by atoms with Gasteiger partial charge < -0.3 is 15.3 Å². The van der Waals surface area contributed by atoms with Gasteiger partial charge in [-0.2, -0.15) is 0 Å². The highest BCUT2D eigenvalue weighted by Gasteiger charge is 2.23. The number of halogens is 2. The van der Waals surface area contributed by atoms with E-state index >= 15 is 0 Å². The highest BCUT2D eigenvalue weighted by Crippen LogP contribution is 2.19. The zero-order valence-electron chi connectivity index (χ0n) is 10.4. The number of carbonyl (C=O) groups is 1. The van der Waals surface area contributed by atoms with E-state index in [-0.39, 0.29) is 18.2 Å². The molecule has 1 unspecified atom stereocenters. The van der Waals surface area contributed by atoms with Crippen LogP contribution in [0.15, 0.2) is 18.2 Å². The average Bonchev–Trinajstić information content (AvgIpc) is 2.42. The van der Waals surface area contributed by atoms with Crippen LogP contribution in [0.25, 0.3) is 0 Å². The van der Waals surface area contributed by atoms with Crippen LogP contribution < -0.4 is 5.32 Å². The van der Waals surface area contributed by atoms with Gasteiger partial charge in [0, 0.05) is 25.8 Å². The van der Waals surface area contributed by atoms with E-state index in [1.807, 2.05) is 0 Å². The molecule has 2 N–H and O–H groups in total. The fourth-order valence-electron chi connectivity index (χ4n) is 2.18. The Kier molecular flexibility index (Phi) is 4.31. The van der Waals surface area contributed by atoms with Crippen LogP contribution in [0.5, 0.6) is 0 Å². The number of benzene rings is 1. The summed E-state index contributed by atoms with van der Waals surface area (Å²) in [5, 5.41) is 11.5. The van der Waals surface area contributed by atoms with E-state index in [0.717, 1.165) is 25.0 Å². The SMILES string of the molecule is O=C(Nc1ccc(F)cc1F)N1CCCC(CO)C1. The van der Waals surface area contributed by atoms with Crippen LogP contribution in [0.2, 0.25) is 0 Å². The van der Waals surface area contributed by atoms with E-state index in [1.54, 1.807) is 0 Å². The van der Waals surface area contributed by atoms with Crippen LogP contribution in [0.3, 0.4) is 0 Å². The summed E-state index contributed by atoms with van der Waals surface area (Å²) in [5.41, 5.74) is -0.0440. The minimum Gasteiger partial charge on any atom is -0.396 e. The molecule has 0 aliphatic carbocycles. The van der Waals surface area contributed by atoms with E-state index < -0.39 is 17.7 Å². The maximum atomic E-state index is 13.4. The lowest BCUT2D eigenvalue weighted by atomic mass is 9.99. The number of anilines is 1. The molecule has 0 spiro atoms. The summed E-state index contributed by atoms with van der Waals surface area (Å²) in [4.78, 5) is 13.5. The molecular formula is C13H16F2N2O2. The summed E-state index contributed by atoms with van der Waals surface area (Å²) in [6, 6.07) is 2.58. The number of likely N-dealkylation sites (tertiary alicyclic amines) is 1. The molecule has 1 heterocycles. The first-order chi connectivity index (χ1) is 9.10. The molecule has 2 amide bonds. The molecule has 1 saturated heterocycles. The molecule has 104 valence electrons. The zero-order valence-corrected chi connectivity index (χ0v) is 10.4. The molecule has 0 saturated carbocycles. The summed E-state index contributed by atoms with van der Waals surface area (Å²) >= 11 is 0. The van der Waals surface area contributed by atoms with Crippen LogP contribution in [0.1, 0.15) is 12.8 Å². The molecule has 4 nitrogen and oxygen atoms in total. The molecule has 1 aromatic rings. The van der Waals surface area contributed by atoms with E-state index in [9.17, 15) is 13.6 Å². The Morgan fingerprint density at radius 2 is 2.26 bits per heavy atom. The van der Waals surface area contributed by atoms with Gasteiger partial charge in [-0.05, 0) is 30.9 Å². The minimum atomic E-state index is -0.802. The van der Waals surface area contributed by atoms with Crippen LogP contribution in [0, 0.1) is 17.6 Å². The molecule has 1 aliphatic heterocycles. The smallest absolute Gasteiger partial charge is 0.321 e.